The van der Waals surface area contributed by atoms with Crippen molar-refractivity contribution < 1.29 is 8.78 Å². The van der Waals surface area contributed by atoms with Crippen LogP contribution in [-0.4, -0.2) is 18.5 Å². The predicted octanol–water partition coefficient (Wildman–Crippen LogP) is 0.784. The lowest BCUT2D eigenvalue weighted by molar-refractivity contribution is 0.525. The van der Waals surface area contributed by atoms with Crippen LogP contribution in [0.15, 0.2) is 32.6 Å². The average molecular weight is 355 g/mol. The van der Waals surface area contributed by atoms with Gasteiger partial charge in [0.2, 0.25) is 11.7 Å². The van der Waals surface area contributed by atoms with Crippen molar-refractivity contribution in [2.75, 3.05) is 0 Å². The zero-order valence-electron chi connectivity index (χ0n) is 12.4. The van der Waals surface area contributed by atoms with Crippen LogP contribution in [0.1, 0.15) is 5.56 Å². The first kappa shape index (κ1) is 16.1. The van der Waals surface area contributed by atoms with Gasteiger partial charge in [-0.05, 0) is 24.6 Å². The van der Waals surface area contributed by atoms with E-state index in [0.29, 0.717) is 25.2 Å². The first-order chi connectivity index (χ1) is 11.2. The topological polar surface area (TPSA) is 78.4 Å². The predicted molar refractivity (Wildman–Crippen MR) is 82.0 cm³/mol. The number of rotatable bonds is 1. The van der Waals surface area contributed by atoms with Crippen molar-refractivity contribution in [3.8, 4) is 5.69 Å². The van der Waals surface area contributed by atoms with Gasteiger partial charge in [-0.25, -0.2) is 27.5 Å². The van der Waals surface area contributed by atoms with E-state index in [0.717, 1.165) is 13.1 Å². The third-order valence-corrected chi connectivity index (χ3v) is 3.91. The highest BCUT2D eigenvalue weighted by atomic mass is 35.5. The molecule has 0 aliphatic heterocycles. The Kier molecular flexibility index (Phi) is 3.60. The summed E-state index contributed by atoms with van der Waals surface area (Å²) in [5.41, 5.74) is -2.92. The number of hydrogen-bond acceptors (Lipinski definition) is 4. The largest absolute Gasteiger partial charge is 0.354 e. The summed E-state index contributed by atoms with van der Waals surface area (Å²) >= 11 is 5.82. The lowest BCUT2D eigenvalue weighted by atomic mass is 10.2. The zero-order valence-corrected chi connectivity index (χ0v) is 13.1. The fraction of sp³-hybridized carbons (Fsp3) is 0.143. The minimum Gasteiger partial charge on any atom is -0.269 e. The van der Waals surface area contributed by atoms with Crippen molar-refractivity contribution >= 4 is 17.4 Å². The quantitative estimate of drug-likeness (QED) is 0.605. The van der Waals surface area contributed by atoms with Gasteiger partial charge in [0.1, 0.15) is 5.82 Å². The minimum absolute atomic E-state index is 0.122. The van der Waals surface area contributed by atoms with Gasteiger partial charge in [-0.15, -0.1) is 0 Å². The zero-order chi connectivity index (χ0) is 17.8. The number of nitrogens with zero attached hydrogens (tertiary/aromatic N) is 4. The Bertz CT molecular complexity index is 1180. The van der Waals surface area contributed by atoms with E-state index in [1.807, 2.05) is 0 Å². The normalized spacial score (nSPS) is 11.2. The molecule has 3 aromatic rings. The molecule has 0 unspecified atom stereocenters. The van der Waals surface area contributed by atoms with Gasteiger partial charge in [0.15, 0.2) is 0 Å². The Morgan fingerprint density at radius 3 is 2.46 bits per heavy atom. The van der Waals surface area contributed by atoms with Crippen LogP contribution in [-0.2, 0) is 7.05 Å². The summed E-state index contributed by atoms with van der Waals surface area (Å²) in [5, 5.41) is 0.122. The molecule has 0 aliphatic carbocycles. The van der Waals surface area contributed by atoms with Gasteiger partial charge in [0, 0.05) is 12.1 Å². The highest BCUT2D eigenvalue weighted by Crippen LogP contribution is 2.22. The van der Waals surface area contributed by atoms with Crippen LogP contribution < -0.4 is 16.9 Å². The fourth-order valence-corrected chi connectivity index (χ4v) is 2.38. The smallest absolute Gasteiger partial charge is 0.269 e. The molecule has 1 aromatic carbocycles. The molecule has 0 radical (unpaired) electrons. The first-order valence-corrected chi connectivity index (χ1v) is 6.97. The van der Waals surface area contributed by atoms with Crippen molar-refractivity contribution in [2.45, 2.75) is 6.92 Å². The Morgan fingerprint density at radius 1 is 1.12 bits per heavy atom. The third kappa shape index (κ3) is 2.24. The molecule has 10 heteroatoms. The molecule has 124 valence electrons. The molecular formula is C14H9ClF2N4O3. The number of aryl methyl sites for hydroxylation is 1. The van der Waals surface area contributed by atoms with Gasteiger partial charge in [0.05, 0.1) is 11.8 Å². The number of fused-ring (bicyclic) bond motifs is 1. The highest BCUT2D eigenvalue weighted by molar-refractivity contribution is 6.31. The van der Waals surface area contributed by atoms with Crippen LogP contribution in [0.2, 0.25) is 5.02 Å². The summed E-state index contributed by atoms with van der Waals surface area (Å²) < 4.78 is 29.9. The molecule has 0 aliphatic rings. The summed E-state index contributed by atoms with van der Waals surface area (Å²) in [7, 11) is 1.10. The van der Waals surface area contributed by atoms with E-state index >= 15 is 0 Å². The van der Waals surface area contributed by atoms with Crippen LogP contribution in [0.5, 0.6) is 0 Å². The second-order valence-electron chi connectivity index (χ2n) is 5.06. The van der Waals surface area contributed by atoms with Crippen LogP contribution in [0, 0.1) is 18.7 Å². The Hall–Kier alpha value is -2.81. The van der Waals surface area contributed by atoms with E-state index < -0.39 is 34.5 Å². The van der Waals surface area contributed by atoms with Crippen molar-refractivity contribution in [1.29, 1.82) is 0 Å². The number of halogens is 3. The molecule has 0 spiro atoms. The summed E-state index contributed by atoms with van der Waals surface area (Å²) in [6.45, 7) is 1.57. The lowest BCUT2D eigenvalue weighted by Gasteiger charge is -2.13. The molecular weight excluding hydrogens is 346 g/mol. The summed E-state index contributed by atoms with van der Waals surface area (Å²) in [6, 6.07) is 2.71. The molecule has 0 saturated carbocycles. The maximum Gasteiger partial charge on any atom is 0.354 e. The second kappa shape index (κ2) is 5.38. The first-order valence-electron chi connectivity index (χ1n) is 6.59. The third-order valence-electron chi connectivity index (χ3n) is 3.51. The van der Waals surface area contributed by atoms with E-state index in [2.05, 4.69) is 4.98 Å². The average Bonchev–Trinajstić information content (AvgIpc) is 2.49. The van der Waals surface area contributed by atoms with Crippen molar-refractivity contribution in [2.24, 2.45) is 7.05 Å². The molecule has 0 saturated heterocycles. The Morgan fingerprint density at radius 2 is 1.79 bits per heavy atom. The molecule has 0 amide bonds. The van der Waals surface area contributed by atoms with E-state index in [9.17, 15) is 23.2 Å². The van der Waals surface area contributed by atoms with E-state index in [1.54, 1.807) is 6.92 Å². The van der Waals surface area contributed by atoms with Crippen LogP contribution in [0.3, 0.4) is 0 Å². The van der Waals surface area contributed by atoms with Gasteiger partial charge >= 0.3 is 11.4 Å². The van der Waals surface area contributed by atoms with Crippen molar-refractivity contribution in [3.63, 3.8) is 0 Å². The maximum atomic E-state index is 14.3. The molecule has 24 heavy (non-hydrogen) atoms. The van der Waals surface area contributed by atoms with Gasteiger partial charge in [0.25, 0.3) is 5.56 Å². The molecule has 3 rings (SSSR count). The lowest BCUT2D eigenvalue weighted by Crippen LogP contribution is -2.41. The molecule has 0 N–H and O–H groups in total. The fourth-order valence-electron chi connectivity index (χ4n) is 2.23. The highest BCUT2D eigenvalue weighted by Gasteiger charge is 2.18. The van der Waals surface area contributed by atoms with Gasteiger partial charge < -0.3 is 0 Å². The maximum absolute atomic E-state index is 14.3. The molecule has 0 atom stereocenters. The number of aromatic nitrogens is 4. The van der Waals surface area contributed by atoms with E-state index in [1.165, 1.54) is 6.07 Å². The molecule has 2 heterocycles. The second-order valence-corrected chi connectivity index (χ2v) is 5.47. The molecule has 7 nitrogen and oxygen atoms in total. The van der Waals surface area contributed by atoms with Crippen molar-refractivity contribution in [1.82, 2.24) is 18.5 Å². The van der Waals surface area contributed by atoms with Gasteiger partial charge in [-0.2, -0.15) is 9.37 Å². The Balaban J connectivity index is 2.60. The SMILES string of the molecule is Cc1cc(-n2c(=O)cc(F)n3c(=O)n(C)c(=O)nc23)c(F)cc1Cl. The van der Waals surface area contributed by atoms with Gasteiger partial charge in [-0.3, -0.25) is 4.79 Å². The van der Waals surface area contributed by atoms with Gasteiger partial charge in [-0.1, -0.05) is 11.6 Å². The molecule has 2 aromatic heterocycles. The minimum atomic E-state index is -1.22. The number of hydrogen-bond donors (Lipinski definition) is 0. The number of benzene rings is 1. The van der Waals surface area contributed by atoms with E-state index in [-0.39, 0.29) is 10.7 Å². The standard InChI is InChI=1S/C14H9ClF2N4O3/c1-6-3-9(8(16)4-7(6)15)20-11(22)5-10(17)21-12(20)18-13(23)19(2)14(21)24/h3-5H,1-2H3. The summed E-state index contributed by atoms with van der Waals surface area (Å²) in [6.07, 6.45) is 0. The monoisotopic (exact) mass is 354 g/mol. The van der Waals surface area contributed by atoms with Crippen LogP contribution >= 0.6 is 11.6 Å². The molecule has 0 bridgehead atoms. The van der Waals surface area contributed by atoms with Crippen molar-refractivity contribution in [3.05, 3.63) is 71.9 Å². The summed E-state index contributed by atoms with van der Waals surface area (Å²) in [4.78, 5) is 39.5. The molecule has 0 fully saturated rings. The van der Waals surface area contributed by atoms with E-state index in [4.69, 9.17) is 11.6 Å². The van der Waals surface area contributed by atoms with Crippen LogP contribution in [0.4, 0.5) is 8.78 Å². The Labute approximate surface area is 137 Å². The summed E-state index contributed by atoms with van der Waals surface area (Å²) in [5.74, 6) is -2.74. The van der Waals surface area contributed by atoms with Crippen LogP contribution in [0.25, 0.3) is 11.5 Å².